The highest BCUT2D eigenvalue weighted by Gasteiger charge is 2.27. The number of nitrogens with zero attached hydrogens (tertiary/aromatic N) is 2. The van der Waals surface area contributed by atoms with Gasteiger partial charge in [-0.2, -0.15) is 0 Å². The monoisotopic (exact) mass is 397 g/mol. The van der Waals surface area contributed by atoms with E-state index in [1.807, 2.05) is 6.07 Å². The van der Waals surface area contributed by atoms with Crippen molar-refractivity contribution in [1.29, 1.82) is 0 Å². The Kier molecular flexibility index (Phi) is 5.21. The van der Waals surface area contributed by atoms with Crippen molar-refractivity contribution in [2.45, 2.75) is 18.9 Å². The van der Waals surface area contributed by atoms with Gasteiger partial charge in [0.1, 0.15) is 17.7 Å². The van der Waals surface area contributed by atoms with E-state index in [0.29, 0.717) is 29.6 Å². The first-order valence-corrected chi connectivity index (χ1v) is 9.24. The standard InChI is InChI=1S/C21H17ClFN3O2/c22-15-9-14-10-17(12-26-19(27)8-13-2-4-16(23)5-3-13)28-20(14)18(11-15)21-24-6-1-7-25-21/h1-7,9,11,17H,8,10,12H2,(H,26,27). The molecule has 1 atom stereocenters. The van der Waals surface area contributed by atoms with E-state index < -0.39 is 0 Å². The van der Waals surface area contributed by atoms with Crippen molar-refractivity contribution in [3.8, 4) is 17.1 Å². The van der Waals surface area contributed by atoms with Crippen LogP contribution in [-0.2, 0) is 17.6 Å². The van der Waals surface area contributed by atoms with Crippen LogP contribution < -0.4 is 10.1 Å². The summed E-state index contributed by atoms with van der Waals surface area (Å²) in [5.41, 5.74) is 2.46. The SMILES string of the molecule is O=C(Cc1ccc(F)cc1)NCC1Cc2cc(Cl)cc(-c3ncccn3)c2O1. The van der Waals surface area contributed by atoms with Gasteiger partial charge in [-0.25, -0.2) is 14.4 Å². The lowest BCUT2D eigenvalue weighted by molar-refractivity contribution is -0.120. The van der Waals surface area contributed by atoms with Crippen molar-refractivity contribution in [3.05, 3.63) is 76.8 Å². The Balaban J connectivity index is 1.41. The number of halogens is 2. The summed E-state index contributed by atoms with van der Waals surface area (Å²) in [6.45, 7) is 0.363. The minimum atomic E-state index is -0.321. The lowest BCUT2D eigenvalue weighted by Gasteiger charge is -2.13. The zero-order valence-corrected chi connectivity index (χ0v) is 15.6. The van der Waals surface area contributed by atoms with E-state index in [1.165, 1.54) is 12.1 Å². The number of carbonyl (C=O) groups excluding carboxylic acids is 1. The first kappa shape index (κ1) is 18.4. The summed E-state index contributed by atoms with van der Waals surface area (Å²) in [7, 11) is 0. The van der Waals surface area contributed by atoms with Crippen molar-refractivity contribution in [2.75, 3.05) is 6.54 Å². The minimum Gasteiger partial charge on any atom is -0.487 e. The number of hydrogen-bond acceptors (Lipinski definition) is 4. The lowest BCUT2D eigenvalue weighted by atomic mass is 10.1. The second-order valence-corrected chi connectivity index (χ2v) is 7.00. The molecule has 0 radical (unpaired) electrons. The van der Waals surface area contributed by atoms with Crippen LogP contribution in [0.3, 0.4) is 0 Å². The molecule has 0 fully saturated rings. The van der Waals surface area contributed by atoms with Crippen molar-refractivity contribution in [1.82, 2.24) is 15.3 Å². The highest BCUT2D eigenvalue weighted by atomic mass is 35.5. The molecule has 1 aliphatic rings. The molecule has 7 heteroatoms. The lowest BCUT2D eigenvalue weighted by Crippen LogP contribution is -2.35. The molecule has 1 aliphatic heterocycles. The molecule has 0 bridgehead atoms. The molecule has 3 aromatic rings. The molecule has 0 saturated carbocycles. The number of nitrogens with one attached hydrogen (secondary N) is 1. The van der Waals surface area contributed by atoms with Gasteiger partial charge in [-0.05, 0) is 35.9 Å². The summed E-state index contributed by atoms with van der Waals surface area (Å²) in [6, 6.07) is 11.3. The van der Waals surface area contributed by atoms with Crippen molar-refractivity contribution < 1.29 is 13.9 Å². The van der Waals surface area contributed by atoms with Crippen LogP contribution in [0.5, 0.6) is 5.75 Å². The van der Waals surface area contributed by atoms with Gasteiger partial charge < -0.3 is 10.1 Å². The summed E-state index contributed by atoms with van der Waals surface area (Å²) in [6.07, 6.45) is 3.95. The molecule has 142 valence electrons. The van der Waals surface area contributed by atoms with Crippen LogP contribution in [0.25, 0.3) is 11.4 Å². The summed E-state index contributed by atoms with van der Waals surface area (Å²) >= 11 is 6.25. The number of hydrogen-bond donors (Lipinski definition) is 1. The molecule has 0 aliphatic carbocycles. The Morgan fingerprint density at radius 3 is 2.71 bits per heavy atom. The third kappa shape index (κ3) is 4.12. The number of carbonyl (C=O) groups is 1. The highest BCUT2D eigenvalue weighted by molar-refractivity contribution is 6.31. The number of rotatable bonds is 5. The Labute approximate surface area is 166 Å². The zero-order valence-electron chi connectivity index (χ0n) is 14.9. The van der Waals surface area contributed by atoms with Crippen LogP contribution in [0.1, 0.15) is 11.1 Å². The van der Waals surface area contributed by atoms with Crippen molar-refractivity contribution in [3.63, 3.8) is 0 Å². The fourth-order valence-electron chi connectivity index (χ4n) is 3.19. The fraction of sp³-hybridized carbons (Fsp3) is 0.190. The maximum Gasteiger partial charge on any atom is 0.224 e. The Morgan fingerprint density at radius 2 is 1.96 bits per heavy atom. The van der Waals surface area contributed by atoms with E-state index in [0.717, 1.165) is 16.7 Å². The molecule has 4 rings (SSSR count). The third-order valence-electron chi connectivity index (χ3n) is 4.47. The summed E-state index contributed by atoms with van der Waals surface area (Å²) < 4.78 is 19.0. The van der Waals surface area contributed by atoms with E-state index >= 15 is 0 Å². The maximum atomic E-state index is 13.0. The second kappa shape index (κ2) is 7.94. The Hall–Kier alpha value is -2.99. The predicted octanol–water partition coefficient (Wildman–Crippen LogP) is 3.60. The molecule has 1 aromatic heterocycles. The second-order valence-electron chi connectivity index (χ2n) is 6.57. The molecule has 28 heavy (non-hydrogen) atoms. The molecule has 2 aromatic carbocycles. The van der Waals surface area contributed by atoms with Gasteiger partial charge in [0, 0.05) is 29.4 Å². The van der Waals surface area contributed by atoms with Gasteiger partial charge in [0.25, 0.3) is 0 Å². The quantitative estimate of drug-likeness (QED) is 0.714. The van der Waals surface area contributed by atoms with Crippen LogP contribution in [0.2, 0.25) is 5.02 Å². The van der Waals surface area contributed by atoms with Crippen LogP contribution in [0.4, 0.5) is 4.39 Å². The molecule has 1 unspecified atom stereocenters. The smallest absolute Gasteiger partial charge is 0.224 e. The van der Waals surface area contributed by atoms with Gasteiger partial charge in [-0.1, -0.05) is 23.7 Å². The van der Waals surface area contributed by atoms with Crippen molar-refractivity contribution in [2.24, 2.45) is 0 Å². The largest absolute Gasteiger partial charge is 0.487 e. The van der Waals surface area contributed by atoms with Gasteiger partial charge in [-0.15, -0.1) is 0 Å². The first-order valence-electron chi connectivity index (χ1n) is 8.86. The molecular weight excluding hydrogens is 381 g/mol. The average molecular weight is 398 g/mol. The van der Waals surface area contributed by atoms with Crippen LogP contribution >= 0.6 is 11.6 Å². The number of amides is 1. The molecule has 0 saturated heterocycles. The van der Waals surface area contributed by atoms with Crippen molar-refractivity contribution >= 4 is 17.5 Å². The van der Waals surface area contributed by atoms with Gasteiger partial charge in [0.2, 0.25) is 5.91 Å². The Morgan fingerprint density at radius 1 is 1.21 bits per heavy atom. The average Bonchev–Trinajstić information content (AvgIpc) is 3.11. The number of fused-ring (bicyclic) bond motifs is 1. The molecule has 0 spiro atoms. The normalized spacial score (nSPS) is 15.0. The van der Waals surface area contributed by atoms with E-state index in [-0.39, 0.29) is 24.2 Å². The van der Waals surface area contributed by atoms with E-state index in [4.69, 9.17) is 16.3 Å². The van der Waals surface area contributed by atoms with Gasteiger partial charge in [-0.3, -0.25) is 4.79 Å². The zero-order chi connectivity index (χ0) is 19.5. The van der Waals surface area contributed by atoms with Gasteiger partial charge in [0.15, 0.2) is 5.82 Å². The third-order valence-corrected chi connectivity index (χ3v) is 4.69. The molecule has 1 N–H and O–H groups in total. The predicted molar refractivity (Wildman–Crippen MR) is 104 cm³/mol. The van der Waals surface area contributed by atoms with E-state index in [1.54, 1.807) is 36.7 Å². The van der Waals surface area contributed by atoms with Gasteiger partial charge >= 0.3 is 0 Å². The minimum absolute atomic E-state index is 0.143. The number of ether oxygens (including phenoxy) is 1. The van der Waals surface area contributed by atoms with Crippen LogP contribution in [0, 0.1) is 5.82 Å². The maximum absolute atomic E-state index is 13.0. The molecule has 1 amide bonds. The molecule has 5 nitrogen and oxygen atoms in total. The fourth-order valence-corrected chi connectivity index (χ4v) is 3.43. The summed E-state index contributed by atoms with van der Waals surface area (Å²) in [5, 5.41) is 3.46. The van der Waals surface area contributed by atoms with Crippen LogP contribution in [-0.4, -0.2) is 28.5 Å². The molecular formula is C21H17ClFN3O2. The Bertz CT molecular complexity index is 997. The number of aromatic nitrogens is 2. The molecule has 2 heterocycles. The first-order chi connectivity index (χ1) is 13.6. The number of benzene rings is 2. The summed E-state index contributed by atoms with van der Waals surface area (Å²) in [4.78, 5) is 20.7. The van der Waals surface area contributed by atoms with E-state index in [9.17, 15) is 9.18 Å². The summed E-state index contributed by atoms with van der Waals surface area (Å²) in [5.74, 6) is 0.782. The van der Waals surface area contributed by atoms with Crippen LogP contribution in [0.15, 0.2) is 54.9 Å². The topological polar surface area (TPSA) is 64.1 Å². The highest BCUT2D eigenvalue weighted by Crippen LogP contribution is 2.39. The van der Waals surface area contributed by atoms with Gasteiger partial charge in [0.05, 0.1) is 18.5 Å². The van der Waals surface area contributed by atoms with E-state index in [2.05, 4.69) is 15.3 Å².